The maximum atomic E-state index is 3.68. The van der Waals surface area contributed by atoms with E-state index in [1.54, 1.807) is 0 Å². The summed E-state index contributed by atoms with van der Waals surface area (Å²) in [5, 5.41) is 3.65. The van der Waals surface area contributed by atoms with Crippen LogP contribution < -0.4 is 10.2 Å². The molecule has 1 unspecified atom stereocenters. The Labute approximate surface area is 139 Å². The Bertz CT molecular complexity index is 451. The van der Waals surface area contributed by atoms with E-state index in [0.717, 1.165) is 38.5 Å². The fourth-order valence-electron chi connectivity index (χ4n) is 2.66. The largest absolute Gasteiger partial charge is 0.369 e. The molecule has 5 heteroatoms. The third-order valence-electron chi connectivity index (χ3n) is 3.86. The Balaban J connectivity index is 1.66. The number of anilines is 1. The lowest BCUT2D eigenvalue weighted by molar-refractivity contribution is 0.515. The Kier molecular flexibility index (Phi) is 4.57. The maximum Gasteiger partial charge on any atom is 0.0655 e. The van der Waals surface area contributed by atoms with Gasteiger partial charge in [0.25, 0.3) is 0 Å². The fraction of sp³-hybridized carbons (Fsp3) is 0.571. The third kappa shape index (κ3) is 3.55. The van der Waals surface area contributed by atoms with Gasteiger partial charge < -0.3 is 10.2 Å². The minimum Gasteiger partial charge on any atom is -0.369 e. The van der Waals surface area contributed by atoms with E-state index in [2.05, 4.69) is 70.1 Å². The van der Waals surface area contributed by atoms with Gasteiger partial charge in [0.1, 0.15) is 0 Å². The quantitative estimate of drug-likeness (QED) is 0.720. The molecule has 0 radical (unpaired) electrons. The van der Waals surface area contributed by atoms with Crippen LogP contribution >= 0.6 is 47.8 Å². The molecular formula is C14H17Br3N2. The first-order valence-corrected chi connectivity index (χ1v) is 9.14. The van der Waals surface area contributed by atoms with Crippen LogP contribution in [0.15, 0.2) is 25.6 Å². The summed E-state index contributed by atoms with van der Waals surface area (Å²) in [6.07, 6.45) is 4.04. The summed E-state index contributed by atoms with van der Waals surface area (Å²) in [4.78, 5) is 2.49. The summed E-state index contributed by atoms with van der Waals surface area (Å²) in [7, 11) is 0. The zero-order valence-corrected chi connectivity index (χ0v) is 15.4. The van der Waals surface area contributed by atoms with Gasteiger partial charge in [0.2, 0.25) is 0 Å². The predicted molar refractivity (Wildman–Crippen MR) is 90.9 cm³/mol. The summed E-state index contributed by atoms with van der Waals surface area (Å²) >= 11 is 10.9. The van der Waals surface area contributed by atoms with Crippen molar-refractivity contribution in [2.75, 3.05) is 24.5 Å². The Hall–Kier alpha value is 0.420. The molecule has 1 saturated carbocycles. The second-order valence-corrected chi connectivity index (χ2v) is 8.13. The molecule has 0 spiro atoms. The fourth-order valence-corrected chi connectivity index (χ4v) is 5.42. The van der Waals surface area contributed by atoms with Crippen LogP contribution in [-0.2, 0) is 0 Å². The number of nitrogens with zero attached hydrogens (tertiary/aromatic N) is 1. The molecule has 1 aliphatic heterocycles. The number of benzene rings is 1. The van der Waals surface area contributed by atoms with Crippen LogP contribution in [0.2, 0.25) is 0 Å². The van der Waals surface area contributed by atoms with E-state index in [-0.39, 0.29) is 0 Å². The van der Waals surface area contributed by atoms with Crippen molar-refractivity contribution >= 4 is 53.5 Å². The van der Waals surface area contributed by atoms with Crippen molar-refractivity contribution in [1.82, 2.24) is 5.32 Å². The first kappa shape index (κ1) is 14.4. The average molecular weight is 453 g/mol. The van der Waals surface area contributed by atoms with Gasteiger partial charge in [0.05, 0.1) is 5.69 Å². The zero-order valence-electron chi connectivity index (χ0n) is 10.6. The van der Waals surface area contributed by atoms with Gasteiger partial charge in [-0.05, 0) is 75.7 Å². The van der Waals surface area contributed by atoms with Crippen LogP contribution in [0.3, 0.4) is 0 Å². The molecule has 1 aromatic rings. The molecule has 0 amide bonds. The van der Waals surface area contributed by atoms with Crippen molar-refractivity contribution in [2.24, 2.45) is 5.92 Å². The first-order chi connectivity index (χ1) is 9.13. The third-order valence-corrected chi connectivity index (χ3v) is 5.52. The SMILES string of the molecule is Brc1cc(Br)c(N2CCC(CNC3CC3)C2)c(Br)c1. The average Bonchev–Trinajstić information content (AvgIpc) is 3.05. The molecule has 2 fully saturated rings. The second-order valence-electron chi connectivity index (χ2n) is 5.50. The lowest BCUT2D eigenvalue weighted by Crippen LogP contribution is -2.27. The van der Waals surface area contributed by atoms with Gasteiger partial charge in [-0.25, -0.2) is 0 Å². The number of nitrogens with one attached hydrogen (secondary N) is 1. The standard InChI is InChI=1S/C14H17Br3N2/c15-10-5-12(16)14(13(17)6-10)19-4-3-9(8-19)7-18-11-1-2-11/h5-6,9,11,18H,1-4,7-8H2. The van der Waals surface area contributed by atoms with E-state index >= 15 is 0 Å². The highest BCUT2D eigenvalue weighted by atomic mass is 79.9. The van der Waals surface area contributed by atoms with Crippen molar-refractivity contribution < 1.29 is 0 Å². The lowest BCUT2D eigenvalue weighted by atomic mass is 10.1. The van der Waals surface area contributed by atoms with Gasteiger partial charge in [0.15, 0.2) is 0 Å². The molecule has 1 aliphatic carbocycles. The van der Waals surface area contributed by atoms with Crippen LogP contribution in [0.25, 0.3) is 0 Å². The van der Waals surface area contributed by atoms with Gasteiger partial charge in [-0.15, -0.1) is 0 Å². The first-order valence-electron chi connectivity index (χ1n) is 6.76. The van der Waals surface area contributed by atoms with E-state index in [4.69, 9.17) is 0 Å². The summed E-state index contributed by atoms with van der Waals surface area (Å²) in [6, 6.07) is 5.06. The highest BCUT2D eigenvalue weighted by Crippen LogP contribution is 2.39. The number of rotatable bonds is 4. The molecule has 19 heavy (non-hydrogen) atoms. The van der Waals surface area contributed by atoms with Gasteiger partial charge in [-0.2, -0.15) is 0 Å². The molecule has 2 nitrogen and oxygen atoms in total. The normalized spacial score (nSPS) is 23.1. The zero-order chi connectivity index (χ0) is 13.4. The maximum absolute atomic E-state index is 3.68. The highest BCUT2D eigenvalue weighted by Gasteiger charge is 2.28. The van der Waals surface area contributed by atoms with Crippen LogP contribution in [0, 0.1) is 5.92 Å². The molecule has 1 atom stereocenters. The number of halogens is 3. The van der Waals surface area contributed by atoms with Gasteiger partial charge in [-0.1, -0.05) is 15.9 Å². The molecular weight excluding hydrogens is 436 g/mol. The van der Waals surface area contributed by atoms with Crippen LogP contribution in [0.4, 0.5) is 5.69 Å². The van der Waals surface area contributed by atoms with E-state index < -0.39 is 0 Å². The van der Waals surface area contributed by atoms with Crippen LogP contribution in [-0.4, -0.2) is 25.7 Å². The van der Waals surface area contributed by atoms with Crippen LogP contribution in [0.1, 0.15) is 19.3 Å². The molecule has 1 heterocycles. The van der Waals surface area contributed by atoms with Gasteiger partial charge in [-0.3, -0.25) is 0 Å². The monoisotopic (exact) mass is 450 g/mol. The number of hydrogen-bond acceptors (Lipinski definition) is 2. The Morgan fingerprint density at radius 3 is 2.42 bits per heavy atom. The van der Waals surface area contributed by atoms with Gasteiger partial charge >= 0.3 is 0 Å². The molecule has 2 aliphatic rings. The molecule has 0 aromatic heterocycles. The molecule has 104 valence electrons. The topological polar surface area (TPSA) is 15.3 Å². The van der Waals surface area contributed by atoms with E-state index in [9.17, 15) is 0 Å². The molecule has 1 N–H and O–H groups in total. The van der Waals surface area contributed by atoms with Gasteiger partial charge in [0, 0.05) is 32.5 Å². The minimum atomic E-state index is 0.781. The van der Waals surface area contributed by atoms with Crippen molar-refractivity contribution in [2.45, 2.75) is 25.3 Å². The molecule has 3 rings (SSSR count). The Morgan fingerprint density at radius 1 is 1.11 bits per heavy atom. The summed E-state index contributed by atoms with van der Waals surface area (Å²) in [5.41, 5.74) is 1.29. The number of hydrogen-bond donors (Lipinski definition) is 1. The van der Waals surface area contributed by atoms with E-state index in [1.165, 1.54) is 31.5 Å². The van der Waals surface area contributed by atoms with Crippen molar-refractivity contribution in [3.05, 3.63) is 25.6 Å². The predicted octanol–water partition coefficient (Wildman–Crippen LogP) is 4.55. The molecule has 0 bridgehead atoms. The summed E-state index contributed by atoms with van der Waals surface area (Å²) < 4.78 is 3.41. The van der Waals surface area contributed by atoms with E-state index in [0.29, 0.717) is 0 Å². The van der Waals surface area contributed by atoms with Crippen molar-refractivity contribution in [3.8, 4) is 0 Å². The second kappa shape index (κ2) is 6.04. The molecule has 1 saturated heterocycles. The van der Waals surface area contributed by atoms with E-state index in [1.807, 2.05) is 0 Å². The smallest absolute Gasteiger partial charge is 0.0655 e. The summed E-state index contributed by atoms with van der Waals surface area (Å²) in [5.74, 6) is 0.781. The van der Waals surface area contributed by atoms with Crippen molar-refractivity contribution in [3.63, 3.8) is 0 Å². The lowest BCUT2D eigenvalue weighted by Gasteiger charge is -2.22. The van der Waals surface area contributed by atoms with Crippen LogP contribution in [0.5, 0.6) is 0 Å². The molecule has 1 aromatic carbocycles. The van der Waals surface area contributed by atoms with Crippen molar-refractivity contribution in [1.29, 1.82) is 0 Å². The summed E-state index contributed by atoms with van der Waals surface area (Å²) in [6.45, 7) is 3.47. The highest BCUT2D eigenvalue weighted by molar-refractivity contribution is 9.11. The minimum absolute atomic E-state index is 0.781. The Morgan fingerprint density at radius 2 is 1.79 bits per heavy atom.